The van der Waals surface area contributed by atoms with Crippen molar-refractivity contribution in [2.45, 2.75) is 91.3 Å². The first-order chi connectivity index (χ1) is 19.7. The highest BCUT2D eigenvalue weighted by Crippen LogP contribution is 2.24. The summed E-state index contributed by atoms with van der Waals surface area (Å²) >= 11 is 0. The van der Waals surface area contributed by atoms with Gasteiger partial charge in [0.1, 0.15) is 22.7 Å². The summed E-state index contributed by atoms with van der Waals surface area (Å²) in [6, 6.07) is 4.95. The SMILES string of the molecule is COC(=O)CCCCCNC(=O)c1cc(OCCCNC(=O)OC(C)(C)C)cc(OCCCNC(=O)OC(C)(C)C)c1. The second-order valence-electron chi connectivity index (χ2n) is 11.6. The Labute approximate surface area is 249 Å². The fourth-order valence-corrected chi connectivity index (χ4v) is 3.38. The molecule has 0 heterocycles. The average Bonchev–Trinajstić information content (AvgIpc) is 2.87. The lowest BCUT2D eigenvalue weighted by molar-refractivity contribution is -0.140. The number of rotatable bonds is 17. The molecule has 0 fully saturated rings. The highest BCUT2D eigenvalue weighted by molar-refractivity contribution is 5.95. The number of alkyl carbamates (subject to hydrolysis) is 2. The van der Waals surface area contributed by atoms with Crippen LogP contribution < -0.4 is 25.4 Å². The van der Waals surface area contributed by atoms with Crippen molar-refractivity contribution >= 4 is 24.1 Å². The van der Waals surface area contributed by atoms with Crippen LogP contribution in [0.4, 0.5) is 9.59 Å². The molecule has 238 valence electrons. The van der Waals surface area contributed by atoms with Crippen LogP contribution in [0.15, 0.2) is 18.2 Å². The molecule has 0 spiro atoms. The van der Waals surface area contributed by atoms with Crippen LogP contribution in [-0.4, -0.2) is 75.2 Å². The molecule has 0 aromatic heterocycles. The molecule has 1 aromatic carbocycles. The van der Waals surface area contributed by atoms with Gasteiger partial charge in [0.05, 0.1) is 20.3 Å². The monoisotopic (exact) mass is 595 g/mol. The third-order valence-corrected chi connectivity index (χ3v) is 5.23. The Morgan fingerprint density at radius 1 is 0.643 bits per heavy atom. The summed E-state index contributed by atoms with van der Waals surface area (Å²) in [7, 11) is 1.36. The van der Waals surface area contributed by atoms with Crippen molar-refractivity contribution in [1.29, 1.82) is 0 Å². The normalized spacial score (nSPS) is 11.2. The van der Waals surface area contributed by atoms with Crippen molar-refractivity contribution < 1.29 is 42.9 Å². The van der Waals surface area contributed by atoms with E-state index in [4.69, 9.17) is 18.9 Å². The Hall–Kier alpha value is -3.70. The van der Waals surface area contributed by atoms with Crippen molar-refractivity contribution in [3.8, 4) is 11.5 Å². The minimum Gasteiger partial charge on any atom is -0.493 e. The van der Waals surface area contributed by atoms with Gasteiger partial charge in [-0.3, -0.25) is 9.59 Å². The Bertz CT molecular complexity index is 944. The van der Waals surface area contributed by atoms with E-state index in [1.54, 1.807) is 59.7 Å². The molecule has 0 aliphatic rings. The first-order valence-corrected chi connectivity index (χ1v) is 14.4. The molecular weight excluding hydrogens is 546 g/mol. The summed E-state index contributed by atoms with van der Waals surface area (Å²) in [5.41, 5.74) is -0.782. The van der Waals surface area contributed by atoms with Gasteiger partial charge >= 0.3 is 18.2 Å². The number of methoxy groups -OCH3 is 1. The molecule has 0 atom stereocenters. The lowest BCUT2D eigenvalue weighted by atomic mass is 10.1. The predicted octanol–water partition coefficient (Wildman–Crippen LogP) is 4.74. The van der Waals surface area contributed by atoms with Crippen LogP contribution in [0.3, 0.4) is 0 Å². The first kappa shape index (κ1) is 36.3. The van der Waals surface area contributed by atoms with Gasteiger partial charge in [-0.05, 0) is 79.4 Å². The molecule has 0 bridgehead atoms. The van der Waals surface area contributed by atoms with E-state index in [1.165, 1.54) is 7.11 Å². The zero-order chi connectivity index (χ0) is 31.6. The largest absolute Gasteiger partial charge is 0.493 e. The van der Waals surface area contributed by atoms with Crippen LogP contribution in [0.1, 0.15) is 90.4 Å². The van der Waals surface area contributed by atoms with E-state index >= 15 is 0 Å². The average molecular weight is 596 g/mol. The third-order valence-electron chi connectivity index (χ3n) is 5.23. The van der Waals surface area contributed by atoms with Gasteiger partial charge < -0.3 is 39.6 Å². The van der Waals surface area contributed by atoms with E-state index in [9.17, 15) is 19.2 Å². The van der Waals surface area contributed by atoms with E-state index in [2.05, 4.69) is 20.7 Å². The lowest BCUT2D eigenvalue weighted by Crippen LogP contribution is -2.33. The molecular formula is C30H49N3O9. The number of ether oxygens (including phenoxy) is 5. The third kappa shape index (κ3) is 18.6. The fourth-order valence-electron chi connectivity index (χ4n) is 3.38. The number of carbonyl (C=O) groups excluding carboxylic acids is 4. The molecule has 12 heteroatoms. The van der Waals surface area contributed by atoms with Crippen LogP contribution in [0, 0.1) is 0 Å². The summed E-state index contributed by atoms with van der Waals surface area (Å²) in [5, 5.41) is 8.24. The van der Waals surface area contributed by atoms with Gasteiger partial charge in [-0.1, -0.05) is 6.42 Å². The highest BCUT2D eigenvalue weighted by Gasteiger charge is 2.17. The van der Waals surface area contributed by atoms with Crippen LogP contribution in [0.5, 0.6) is 11.5 Å². The number of esters is 1. The summed E-state index contributed by atoms with van der Waals surface area (Å²) < 4.78 is 26.8. The molecule has 0 saturated carbocycles. The maximum atomic E-state index is 12.8. The summed E-state index contributed by atoms with van der Waals surface area (Å²) in [5.74, 6) is 0.362. The number of carbonyl (C=O) groups is 4. The number of benzene rings is 1. The number of amides is 3. The fraction of sp³-hybridized carbons (Fsp3) is 0.667. The number of nitrogens with one attached hydrogen (secondary N) is 3. The molecule has 42 heavy (non-hydrogen) atoms. The van der Waals surface area contributed by atoms with E-state index in [-0.39, 0.29) is 11.9 Å². The van der Waals surface area contributed by atoms with Crippen molar-refractivity contribution in [2.75, 3.05) is 40.0 Å². The summed E-state index contributed by atoms with van der Waals surface area (Å²) in [6.07, 6.45) is 2.59. The van der Waals surface area contributed by atoms with Crippen LogP contribution in [0.2, 0.25) is 0 Å². The Morgan fingerprint density at radius 2 is 1.12 bits per heavy atom. The standard InChI is InChI=1S/C30H49N3O9/c1-29(2,3)41-27(36)32-15-11-17-39-23-19-22(26(35)31-14-10-8-9-13-25(34)38-7)20-24(21-23)40-18-12-16-33-28(37)42-30(4,5)6/h19-21H,8-18H2,1-7H3,(H,31,35)(H,32,36)(H,33,37). The second-order valence-corrected chi connectivity index (χ2v) is 11.6. The molecule has 0 aliphatic heterocycles. The van der Waals surface area contributed by atoms with E-state index < -0.39 is 23.4 Å². The number of hydrogen-bond donors (Lipinski definition) is 3. The maximum absolute atomic E-state index is 12.8. The van der Waals surface area contributed by atoms with Gasteiger partial charge in [-0.25, -0.2) is 9.59 Å². The molecule has 0 saturated heterocycles. The molecule has 12 nitrogen and oxygen atoms in total. The van der Waals surface area contributed by atoms with Crippen molar-refractivity contribution in [3.63, 3.8) is 0 Å². The molecule has 0 unspecified atom stereocenters. The van der Waals surface area contributed by atoms with Gasteiger partial charge in [-0.15, -0.1) is 0 Å². The molecule has 0 radical (unpaired) electrons. The van der Waals surface area contributed by atoms with Gasteiger partial charge in [0.15, 0.2) is 0 Å². The van der Waals surface area contributed by atoms with E-state index in [0.29, 0.717) is 75.6 Å². The topological polar surface area (TPSA) is 151 Å². The quantitative estimate of drug-likeness (QED) is 0.132. The van der Waals surface area contributed by atoms with Crippen molar-refractivity contribution in [3.05, 3.63) is 23.8 Å². The molecule has 0 aliphatic carbocycles. The van der Waals surface area contributed by atoms with E-state index in [1.807, 2.05) is 0 Å². The van der Waals surface area contributed by atoms with Gasteiger partial charge in [0, 0.05) is 37.7 Å². The second kappa shape index (κ2) is 18.7. The Balaban J connectivity index is 2.66. The van der Waals surface area contributed by atoms with Crippen LogP contribution >= 0.6 is 0 Å². The molecule has 3 amide bonds. The zero-order valence-electron chi connectivity index (χ0n) is 26.2. The molecule has 3 N–H and O–H groups in total. The maximum Gasteiger partial charge on any atom is 0.407 e. The number of hydrogen-bond acceptors (Lipinski definition) is 9. The summed E-state index contributed by atoms with van der Waals surface area (Å²) in [6.45, 7) is 12.5. The van der Waals surface area contributed by atoms with Gasteiger partial charge in [0.25, 0.3) is 5.91 Å². The Morgan fingerprint density at radius 3 is 1.57 bits per heavy atom. The van der Waals surface area contributed by atoms with Crippen molar-refractivity contribution in [2.24, 2.45) is 0 Å². The predicted molar refractivity (Wildman–Crippen MR) is 158 cm³/mol. The van der Waals surface area contributed by atoms with Crippen molar-refractivity contribution in [1.82, 2.24) is 16.0 Å². The van der Waals surface area contributed by atoms with Gasteiger partial charge in [0.2, 0.25) is 0 Å². The first-order valence-electron chi connectivity index (χ1n) is 14.4. The highest BCUT2D eigenvalue weighted by atomic mass is 16.6. The van der Waals surface area contributed by atoms with E-state index in [0.717, 1.165) is 12.8 Å². The van der Waals surface area contributed by atoms with Gasteiger partial charge in [-0.2, -0.15) is 0 Å². The zero-order valence-corrected chi connectivity index (χ0v) is 26.2. The lowest BCUT2D eigenvalue weighted by Gasteiger charge is -2.19. The smallest absolute Gasteiger partial charge is 0.407 e. The molecule has 1 rings (SSSR count). The van der Waals surface area contributed by atoms with Crippen LogP contribution in [-0.2, 0) is 19.0 Å². The minimum absolute atomic E-state index is 0.246. The molecule has 1 aromatic rings. The number of unbranched alkanes of at least 4 members (excludes halogenated alkanes) is 2. The minimum atomic E-state index is -0.577. The Kier molecular flexibility index (Phi) is 16.2. The summed E-state index contributed by atoms with van der Waals surface area (Å²) in [4.78, 5) is 47.7. The van der Waals surface area contributed by atoms with Crippen LogP contribution in [0.25, 0.3) is 0 Å².